The molecule has 0 amide bonds. The fraction of sp³-hybridized carbons (Fsp3) is 0.227. The molecule has 1 fully saturated rings. The number of piperazine rings is 1. The van der Waals surface area contributed by atoms with E-state index in [4.69, 9.17) is 10.7 Å². The van der Waals surface area contributed by atoms with Crippen LogP contribution in [-0.2, 0) is 0 Å². The van der Waals surface area contributed by atoms with Crippen molar-refractivity contribution in [2.24, 2.45) is 0 Å². The summed E-state index contributed by atoms with van der Waals surface area (Å²) in [5.74, 6) is 1.49. The van der Waals surface area contributed by atoms with Crippen LogP contribution in [0.5, 0.6) is 0 Å². The Labute approximate surface area is 173 Å². The minimum Gasteiger partial charge on any atom is -0.382 e. The van der Waals surface area contributed by atoms with Crippen LogP contribution in [0, 0.1) is 12.7 Å². The average molecular weight is 403 g/mol. The molecule has 152 valence electrons. The molecule has 0 radical (unpaired) electrons. The van der Waals surface area contributed by atoms with Crippen molar-refractivity contribution in [2.45, 2.75) is 6.92 Å². The summed E-state index contributed by atoms with van der Waals surface area (Å²) in [6, 6.07) is 12.8. The van der Waals surface area contributed by atoms with E-state index >= 15 is 0 Å². The lowest BCUT2D eigenvalue weighted by Crippen LogP contribution is -2.47. The van der Waals surface area contributed by atoms with Gasteiger partial charge in [-0.2, -0.15) is 0 Å². The standard InChI is InChI=1S/C22H22FN7/c1-14-5-6-17-18(11-14)27-22(26-17)20-21(24)25-13-19(28-20)30-9-7-29(8-10-30)16-4-2-3-15(23)12-16/h2-6,11-13H,7-10H2,1H3,(H2,24,25)(H,26,27). The highest BCUT2D eigenvalue weighted by molar-refractivity contribution is 5.81. The number of nitrogens with one attached hydrogen (secondary N) is 1. The van der Waals surface area contributed by atoms with Crippen LogP contribution < -0.4 is 15.5 Å². The number of aryl methyl sites for hydroxylation is 1. The minimum absolute atomic E-state index is 0.218. The number of rotatable bonds is 3. The predicted molar refractivity (Wildman–Crippen MR) is 117 cm³/mol. The Balaban J connectivity index is 1.38. The molecule has 4 aromatic rings. The number of hydrogen-bond donors (Lipinski definition) is 2. The maximum Gasteiger partial charge on any atom is 0.161 e. The molecule has 1 aliphatic heterocycles. The van der Waals surface area contributed by atoms with Gasteiger partial charge in [0.1, 0.15) is 11.6 Å². The summed E-state index contributed by atoms with van der Waals surface area (Å²) < 4.78 is 13.5. The van der Waals surface area contributed by atoms with Crippen LogP contribution in [0.3, 0.4) is 0 Å². The van der Waals surface area contributed by atoms with E-state index < -0.39 is 0 Å². The van der Waals surface area contributed by atoms with E-state index in [0.717, 1.165) is 54.3 Å². The molecule has 7 nitrogen and oxygen atoms in total. The van der Waals surface area contributed by atoms with Gasteiger partial charge in [-0.05, 0) is 42.8 Å². The molecule has 0 spiro atoms. The maximum absolute atomic E-state index is 13.5. The Bertz CT molecular complexity index is 1210. The van der Waals surface area contributed by atoms with Crippen molar-refractivity contribution in [1.29, 1.82) is 0 Å². The summed E-state index contributed by atoms with van der Waals surface area (Å²) in [6.07, 6.45) is 1.70. The second-order valence-electron chi connectivity index (χ2n) is 7.52. The van der Waals surface area contributed by atoms with E-state index in [1.165, 1.54) is 6.07 Å². The first-order valence-electron chi connectivity index (χ1n) is 9.91. The lowest BCUT2D eigenvalue weighted by Gasteiger charge is -2.36. The fourth-order valence-electron chi connectivity index (χ4n) is 3.82. The van der Waals surface area contributed by atoms with Crippen LogP contribution in [0.1, 0.15) is 5.56 Å². The summed E-state index contributed by atoms with van der Waals surface area (Å²) in [6.45, 7) is 5.10. The Morgan fingerprint density at radius 3 is 2.60 bits per heavy atom. The smallest absolute Gasteiger partial charge is 0.161 e. The fourth-order valence-corrected chi connectivity index (χ4v) is 3.82. The molecule has 0 unspecified atom stereocenters. The van der Waals surface area contributed by atoms with Gasteiger partial charge in [-0.3, -0.25) is 0 Å². The number of benzene rings is 2. The van der Waals surface area contributed by atoms with Crippen molar-refractivity contribution < 1.29 is 4.39 Å². The number of aromatic amines is 1. The number of nitrogens with two attached hydrogens (primary N) is 1. The first-order chi connectivity index (χ1) is 14.6. The molecule has 0 aliphatic carbocycles. The van der Waals surface area contributed by atoms with E-state index in [-0.39, 0.29) is 5.82 Å². The number of imidazole rings is 1. The third kappa shape index (κ3) is 3.41. The molecule has 1 saturated heterocycles. The van der Waals surface area contributed by atoms with Gasteiger partial charge in [-0.15, -0.1) is 0 Å². The van der Waals surface area contributed by atoms with Crippen LogP contribution in [0.15, 0.2) is 48.7 Å². The lowest BCUT2D eigenvalue weighted by atomic mass is 10.2. The molecular weight excluding hydrogens is 381 g/mol. The molecular formula is C22H22FN7. The SMILES string of the molecule is Cc1ccc2nc(-c3nc(N4CCN(c5cccc(F)c5)CC4)cnc3N)[nH]c2c1. The van der Waals surface area contributed by atoms with Gasteiger partial charge in [0.2, 0.25) is 0 Å². The van der Waals surface area contributed by atoms with Crippen LogP contribution in [0.25, 0.3) is 22.6 Å². The van der Waals surface area contributed by atoms with Crippen LogP contribution in [0.4, 0.5) is 21.7 Å². The van der Waals surface area contributed by atoms with Crippen LogP contribution in [-0.4, -0.2) is 46.1 Å². The van der Waals surface area contributed by atoms with Crippen molar-refractivity contribution in [3.05, 3.63) is 60.0 Å². The van der Waals surface area contributed by atoms with Crippen LogP contribution in [0.2, 0.25) is 0 Å². The van der Waals surface area contributed by atoms with Crippen molar-refractivity contribution in [3.8, 4) is 11.5 Å². The van der Waals surface area contributed by atoms with E-state index in [0.29, 0.717) is 17.3 Å². The Morgan fingerprint density at radius 1 is 1.00 bits per heavy atom. The molecule has 5 rings (SSSR count). The van der Waals surface area contributed by atoms with Crippen molar-refractivity contribution in [2.75, 3.05) is 41.7 Å². The summed E-state index contributed by atoms with van der Waals surface area (Å²) in [5, 5.41) is 0. The number of fused-ring (bicyclic) bond motifs is 1. The van der Waals surface area contributed by atoms with E-state index in [2.05, 4.69) is 24.8 Å². The monoisotopic (exact) mass is 403 g/mol. The topological polar surface area (TPSA) is 87.0 Å². The highest BCUT2D eigenvalue weighted by Gasteiger charge is 2.21. The summed E-state index contributed by atoms with van der Waals surface area (Å²) >= 11 is 0. The summed E-state index contributed by atoms with van der Waals surface area (Å²) in [4.78, 5) is 21.4. The van der Waals surface area contributed by atoms with Gasteiger partial charge in [-0.1, -0.05) is 12.1 Å². The van der Waals surface area contributed by atoms with E-state index in [1.807, 2.05) is 31.2 Å². The first kappa shape index (κ1) is 18.4. The molecule has 2 aromatic carbocycles. The number of aromatic nitrogens is 4. The Kier molecular flexibility index (Phi) is 4.46. The number of hydrogen-bond acceptors (Lipinski definition) is 6. The number of nitrogen functional groups attached to an aromatic ring is 1. The van der Waals surface area contributed by atoms with Gasteiger partial charge in [0.25, 0.3) is 0 Å². The van der Waals surface area contributed by atoms with Gasteiger partial charge in [0, 0.05) is 31.9 Å². The number of H-pyrrole nitrogens is 1. The van der Waals surface area contributed by atoms with Crippen molar-refractivity contribution in [3.63, 3.8) is 0 Å². The predicted octanol–water partition coefficient (Wildman–Crippen LogP) is 3.38. The third-order valence-electron chi connectivity index (χ3n) is 5.43. The zero-order valence-electron chi connectivity index (χ0n) is 16.6. The molecule has 3 heterocycles. The number of halogens is 1. The van der Waals surface area contributed by atoms with Gasteiger partial charge >= 0.3 is 0 Å². The molecule has 2 aromatic heterocycles. The normalized spacial score (nSPS) is 14.5. The molecule has 0 atom stereocenters. The second-order valence-corrected chi connectivity index (χ2v) is 7.52. The first-order valence-corrected chi connectivity index (χ1v) is 9.91. The molecule has 8 heteroatoms. The zero-order chi connectivity index (χ0) is 20.7. The van der Waals surface area contributed by atoms with Gasteiger partial charge < -0.3 is 20.5 Å². The van der Waals surface area contributed by atoms with Crippen molar-refractivity contribution >= 4 is 28.4 Å². The quantitative estimate of drug-likeness (QED) is 0.545. The molecule has 0 bridgehead atoms. The summed E-state index contributed by atoms with van der Waals surface area (Å²) in [7, 11) is 0. The summed E-state index contributed by atoms with van der Waals surface area (Å²) in [5.41, 5.74) is 10.5. The second kappa shape index (κ2) is 7.29. The molecule has 1 aliphatic rings. The zero-order valence-corrected chi connectivity index (χ0v) is 16.6. The molecule has 30 heavy (non-hydrogen) atoms. The van der Waals surface area contributed by atoms with Gasteiger partial charge in [-0.25, -0.2) is 19.3 Å². The highest BCUT2D eigenvalue weighted by atomic mass is 19.1. The average Bonchev–Trinajstić information content (AvgIpc) is 3.17. The number of anilines is 3. The van der Waals surface area contributed by atoms with E-state index in [1.54, 1.807) is 18.3 Å². The van der Waals surface area contributed by atoms with Crippen molar-refractivity contribution in [1.82, 2.24) is 19.9 Å². The maximum atomic E-state index is 13.5. The van der Waals surface area contributed by atoms with Gasteiger partial charge in [0.05, 0.1) is 17.2 Å². The van der Waals surface area contributed by atoms with Crippen LogP contribution >= 0.6 is 0 Å². The molecule has 0 saturated carbocycles. The highest BCUT2D eigenvalue weighted by Crippen LogP contribution is 2.26. The molecule has 3 N–H and O–H groups in total. The lowest BCUT2D eigenvalue weighted by molar-refractivity contribution is 0.619. The largest absolute Gasteiger partial charge is 0.382 e. The number of nitrogens with zero attached hydrogens (tertiary/aromatic N) is 5. The minimum atomic E-state index is -0.218. The van der Waals surface area contributed by atoms with E-state index in [9.17, 15) is 4.39 Å². The Hall–Kier alpha value is -3.68. The Morgan fingerprint density at radius 2 is 1.80 bits per heavy atom. The van der Waals surface area contributed by atoms with Gasteiger partial charge in [0.15, 0.2) is 17.3 Å². The third-order valence-corrected chi connectivity index (χ3v) is 5.43.